The molecule has 0 spiro atoms. The number of halogens is 1. The summed E-state index contributed by atoms with van der Waals surface area (Å²) < 4.78 is 13.5. The van der Waals surface area contributed by atoms with Gasteiger partial charge in [0.15, 0.2) is 0 Å². The van der Waals surface area contributed by atoms with Gasteiger partial charge in [-0.25, -0.2) is 4.39 Å². The average molecular weight is 270 g/mol. The van der Waals surface area contributed by atoms with Crippen LogP contribution in [0.15, 0.2) is 24.3 Å². The highest BCUT2D eigenvalue weighted by atomic mass is 32.2. The second-order valence-electron chi connectivity index (χ2n) is 4.14. The largest absolute Gasteiger partial charge is 0.348 e. The van der Waals surface area contributed by atoms with Crippen molar-refractivity contribution in [2.75, 3.05) is 12.0 Å². The number of amides is 1. The summed E-state index contributed by atoms with van der Waals surface area (Å²) in [6.07, 6.45) is 2.59. The molecule has 1 aromatic carbocycles. The first-order valence-corrected chi connectivity index (χ1v) is 7.25. The van der Waals surface area contributed by atoms with Crippen molar-refractivity contribution < 1.29 is 9.18 Å². The molecule has 1 aromatic rings. The lowest BCUT2D eigenvalue weighted by molar-refractivity contribution is -0.123. The topological polar surface area (TPSA) is 55.1 Å². The van der Waals surface area contributed by atoms with Crippen LogP contribution >= 0.6 is 11.8 Å². The Morgan fingerprint density at radius 3 is 2.78 bits per heavy atom. The van der Waals surface area contributed by atoms with E-state index in [0.717, 1.165) is 5.75 Å². The van der Waals surface area contributed by atoms with Crippen LogP contribution in [0.5, 0.6) is 0 Å². The lowest BCUT2D eigenvalue weighted by Gasteiger charge is -2.18. The molecule has 0 heterocycles. The van der Waals surface area contributed by atoms with Gasteiger partial charge in [0, 0.05) is 5.56 Å². The van der Waals surface area contributed by atoms with E-state index in [-0.39, 0.29) is 17.8 Å². The number of rotatable bonds is 6. The van der Waals surface area contributed by atoms with Gasteiger partial charge in [-0.3, -0.25) is 4.79 Å². The molecule has 1 amide bonds. The molecule has 0 saturated heterocycles. The molecular weight excluding hydrogens is 251 g/mol. The first-order valence-electron chi connectivity index (χ1n) is 5.85. The normalized spacial score (nSPS) is 14.0. The van der Waals surface area contributed by atoms with Gasteiger partial charge in [0.1, 0.15) is 5.82 Å². The van der Waals surface area contributed by atoms with Gasteiger partial charge in [0.25, 0.3) is 0 Å². The van der Waals surface area contributed by atoms with E-state index in [1.165, 1.54) is 6.07 Å². The number of benzene rings is 1. The van der Waals surface area contributed by atoms with Crippen molar-refractivity contribution in [3.63, 3.8) is 0 Å². The van der Waals surface area contributed by atoms with E-state index in [0.29, 0.717) is 12.0 Å². The predicted octanol–water partition coefficient (Wildman–Crippen LogP) is 2.08. The summed E-state index contributed by atoms with van der Waals surface area (Å²) in [4.78, 5) is 11.8. The number of hydrogen-bond donors (Lipinski definition) is 2. The monoisotopic (exact) mass is 270 g/mol. The van der Waals surface area contributed by atoms with E-state index in [1.807, 2.05) is 6.26 Å². The van der Waals surface area contributed by atoms with Crippen LogP contribution in [0.3, 0.4) is 0 Å². The van der Waals surface area contributed by atoms with E-state index in [1.54, 1.807) is 36.9 Å². The van der Waals surface area contributed by atoms with Crippen molar-refractivity contribution in [3.8, 4) is 0 Å². The summed E-state index contributed by atoms with van der Waals surface area (Å²) in [6.45, 7) is 1.75. The van der Waals surface area contributed by atoms with Crippen LogP contribution in [0.1, 0.15) is 24.9 Å². The average Bonchev–Trinajstić information content (AvgIpc) is 2.36. The molecule has 0 aliphatic carbocycles. The zero-order chi connectivity index (χ0) is 13.5. The van der Waals surface area contributed by atoms with Gasteiger partial charge in [-0.05, 0) is 31.4 Å². The van der Waals surface area contributed by atoms with E-state index < -0.39 is 6.04 Å². The third-order valence-corrected chi connectivity index (χ3v) is 3.34. The number of carbonyl (C=O) groups excluding carboxylic acids is 1. The van der Waals surface area contributed by atoms with Crippen molar-refractivity contribution in [2.45, 2.75) is 25.4 Å². The minimum atomic E-state index is -0.535. The zero-order valence-corrected chi connectivity index (χ0v) is 11.5. The van der Waals surface area contributed by atoms with Crippen LogP contribution in [0, 0.1) is 5.82 Å². The van der Waals surface area contributed by atoms with Gasteiger partial charge < -0.3 is 11.1 Å². The van der Waals surface area contributed by atoms with Gasteiger partial charge in [0.05, 0.1) is 12.1 Å². The molecule has 0 bridgehead atoms. The van der Waals surface area contributed by atoms with Crippen LogP contribution in [0.25, 0.3) is 0 Å². The molecule has 3 N–H and O–H groups in total. The van der Waals surface area contributed by atoms with Crippen molar-refractivity contribution >= 4 is 17.7 Å². The Labute approximate surface area is 111 Å². The molecule has 0 radical (unpaired) electrons. The Hall–Kier alpha value is -1.07. The lowest BCUT2D eigenvalue weighted by atomic mass is 10.1. The molecule has 0 fully saturated rings. The van der Waals surface area contributed by atoms with Gasteiger partial charge in [-0.1, -0.05) is 18.2 Å². The van der Waals surface area contributed by atoms with Crippen molar-refractivity contribution in [1.29, 1.82) is 0 Å². The molecule has 0 unspecified atom stereocenters. The summed E-state index contributed by atoms with van der Waals surface area (Å²) in [6, 6.07) is 5.50. The molecule has 100 valence electrons. The highest BCUT2D eigenvalue weighted by molar-refractivity contribution is 7.98. The first-order chi connectivity index (χ1) is 8.56. The Bertz CT molecular complexity index is 400. The summed E-state index contributed by atoms with van der Waals surface area (Å²) in [7, 11) is 0. The minimum absolute atomic E-state index is 0.236. The van der Waals surface area contributed by atoms with E-state index in [9.17, 15) is 9.18 Å². The van der Waals surface area contributed by atoms with Gasteiger partial charge in [-0.2, -0.15) is 11.8 Å². The lowest BCUT2D eigenvalue weighted by Crippen LogP contribution is -2.42. The minimum Gasteiger partial charge on any atom is -0.348 e. The fraction of sp³-hybridized carbons (Fsp3) is 0.462. The molecule has 2 atom stereocenters. The number of hydrogen-bond acceptors (Lipinski definition) is 3. The Morgan fingerprint density at radius 1 is 1.50 bits per heavy atom. The predicted molar refractivity (Wildman–Crippen MR) is 73.9 cm³/mol. The molecule has 0 aromatic heterocycles. The van der Waals surface area contributed by atoms with Crippen molar-refractivity contribution in [2.24, 2.45) is 5.73 Å². The molecule has 18 heavy (non-hydrogen) atoms. The Balaban J connectivity index is 2.57. The van der Waals surface area contributed by atoms with Gasteiger partial charge >= 0.3 is 0 Å². The molecule has 5 heteroatoms. The Morgan fingerprint density at radius 2 is 2.17 bits per heavy atom. The van der Waals surface area contributed by atoms with Crippen molar-refractivity contribution in [3.05, 3.63) is 35.6 Å². The molecule has 0 aliphatic rings. The van der Waals surface area contributed by atoms with Crippen LogP contribution in [-0.2, 0) is 4.79 Å². The van der Waals surface area contributed by atoms with E-state index in [4.69, 9.17) is 5.73 Å². The molecular formula is C13H19FN2OS. The van der Waals surface area contributed by atoms with Crippen LogP contribution in [-0.4, -0.2) is 24.0 Å². The quantitative estimate of drug-likeness (QED) is 0.832. The second-order valence-corrected chi connectivity index (χ2v) is 5.13. The third-order valence-electron chi connectivity index (χ3n) is 2.70. The van der Waals surface area contributed by atoms with Gasteiger partial charge in [0.2, 0.25) is 5.91 Å². The summed E-state index contributed by atoms with van der Waals surface area (Å²) in [5.41, 5.74) is 6.22. The Kier molecular flexibility index (Phi) is 6.15. The van der Waals surface area contributed by atoms with E-state index >= 15 is 0 Å². The summed E-state index contributed by atoms with van der Waals surface area (Å²) in [5, 5.41) is 2.73. The maximum atomic E-state index is 13.5. The van der Waals surface area contributed by atoms with Crippen LogP contribution in [0.4, 0.5) is 4.39 Å². The van der Waals surface area contributed by atoms with Crippen LogP contribution < -0.4 is 11.1 Å². The van der Waals surface area contributed by atoms with Gasteiger partial charge in [-0.15, -0.1) is 0 Å². The number of carbonyl (C=O) groups is 1. The maximum absolute atomic E-state index is 13.5. The molecule has 1 rings (SSSR count). The fourth-order valence-electron chi connectivity index (χ4n) is 1.60. The maximum Gasteiger partial charge on any atom is 0.237 e. The molecule has 3 nitrogen and oxygen atoms in total. The number of nitrogens with one attached hydrogen (secondary N) is 1. The highest BCUT2D eigenvalue weighted by Gasteiger charge is 2.17. The summed E-state index contributed by atoms with van der Waals surface area (Å²) in [5.74, 6) is 0.283. The smallest absolute Gasteiger partial charge is 0.237 e. The van der Waals surface area contributed by atoms with E-state index in [2.05, 4.69) is 5.32 Å². The highest BCUT2D eigenvalue weighted by Crippen LogP contribution is 2.16. The fourth-order valence-corrected chi connectivity index (χ4v) is 2.09. The number of nitrogens with two attached hydrogens (primary N) is 1. The standard InChI is InChI=1S/C13H19FN2OS/c1-9(10-5-3-4-6-11(10)14)16-13(17)12(15)7-8-18-2/h3-6,9,12H,7-8,15H2,1-2H3,(H,16,17)/t9-,12-/m1/s1. The molecule has 0 saturated carbocycles. The zero-order valence-electron chi connectivity index (χ0n) is 10.7. The first kappa shape index (κ1) is 15.0. The van der Waals surface area contributed by atoms with Crippen molar-refractivity contribution in [1.82, 2.24) is 5.32 Å². The SMILES string of the molecule is CSCC[C@@H](N)C(=O)N[C@H](C)c1ccccc1F. The molecule has 0 aliphatic heterocycles. The number of thioether (sulfide) groups is 1. The second kappa shape index (κ2) is 7.38. The summed E-state index contributed by atoms with van der Waals surface area (Å²) >= 11 is 1.65. The van der Waals surface area contributed by atoms with Crippen LogP contribution in [0.2, 0.25) is 0 Å². The third kappa shape index (κ3) is 4.31.